The third-order valence-electron chi connectivity index (χ3n) is 11.8. The number of hydrogen-bond acceptors (Lipinski definition) is 13. The Morgan fingerprint density at radius 1 is 1.04 bits per heavy atom. The number of aromatic carboxylic acids is 1. The molecule has 5 aliphatic rings. The first-order valence-corrected chi connectivity index (χ1v) is 18.1. The number of carboxylic acids is 1. The summed E-state index contributed by atoms with van der Waals surface area (Å²) in [5.74, 6) is -9.65. The van der Waals surface area contributed by atoms with E-state index in [0.29, 0.717) is 24.3 Å². The molecule has 9 N–H and O–H groups in total. The number of amides is 1. The van der Waals surface area contributed by atoms with E-state index in [1.165, 1.54) is 56.4 Å². The molecule has 8 rings (SSSR count). The van der Waals surface area contributed by atoms with Crippen molar-refractivity contribution in [2.75, 3.05) is 45.2 Å². The second-order valence-corrected chi connectivity index (χ2v) is 15.3. The van der Waals surface area contributed by atoms with Crippen LogP contribution in [0.2, 0.25) is 0 Å². The van der Waals surface area contributed by atoms with E-state index >= 15 is 0 Å². The highest BCUT2D eigenvalue weighted by Gasteiger charge is 2.65. The number of nitrogens with one attached hydrogen (secondary N) is 1. The number of piperazine rings is 1. The molecule has 3 aromatic rings. The zero-order valence-electron chi connectivity index (χ0n) is 30.7. The van der Waals surface area contributed by atoms with E-state index in [1.54, 1.807) is 6.07 Å². The SMILES string of the molecule is CN(C)[C@@H]1C(O)=C(C(N)=O)C(=O)[C@@]2(O)C(O)=C3C(=O)c4c(O)cccc4[C@@](C)(O)[C@H]3C[C@@H]12.O=C(O)c1cn(C2CC2)c2cc(N3CCNCC3)c(F)cc2c1=O. The number of pyridine rings is 1. The number of phenolic OH excluding ortho intramolecular Hbond substituents is 1. The van der Waals surface area contributed by atoms with Gasteiger partial charge in [0.15, 0.2) is 11.4 Å². The van der Waals surface area contributed by atoms with Crippen LogP contribution in [0.15, 0.2) is 64.0 Å². The molecule has 0 unspecified atom stereocenters. The number of fused-ring (bicyclic) bond motifs is 4. The van der Waals surface area contributed by atoms with Gasteiger partial charge in [-0.3, -0.25) is 24.1 Å². The average Bonchev–Trinajstić information content (AvgIpc) is 3.98. The second-order valence-electron chi connectivity index (χ2n) is 15.3. The summed E-state index contributed by atoms with van der Waals surface area (Å²) in [6.45, 7) is 4.36. The van der Waals surface area contributed by atoms with Crippen molar-refractivity contribution in [3.05, 3.63) is 91.9 Å². The number of phenols is 1. The van der Waals surface area contributed by atoms with Gasteiger partial charge >= 0.3 is 5.97 Å². The van der Waals surface area contributed by atoms with Crippen molar-refractivity contribution in [3.8, 4) is 5.75 Å². The number of aromatic nitrogens is 1. The standard InChI is InChI=1S/C22H24N2O8.C17H18FN3O3/c1-21(31)8-5-4-6-11(25)12(8)16(26)13-9(21)7-10-15(24(2)3)17(27)14(20(23)30)19(29)22(10,32)18(13)28;18-13-7-11-14(8-15(13)20-5-3-19-4-6-20)21(10-1-2-10)9-12(16(11)22)17(23)24/h4-6,9-10,15,25,27-28,31-32H,7H2,1-3H3,(H2,23,30);7-10,19H,1-6H2,(H,23,24)/t9-,10-,15-,21+,22-;/m0./s1. The molecule has 5 atom stereocenters. The van der Waals surface area contributed by atoms with E-state index < -0.39 is 92.2 Å². The lowest BCUT2D eigenvalue weighted by Crippen LogP contribution is -2.65. The molecule has 16 nitrogen and oxygen atoms in total. The molecular formula is C39H42FN5O11. The van der Waals surface area contributed by atoms with Gasteiger partial charge in [-0.05, 0) is 64.0 Å². The van der Waals surface area contributed by atoms with E-state index in [9.17, 15) is 59.0 Å². The summed E-state index contributed by atoms with van der Waals surface area (Å²) < 4.78 is 16.4. The highest BCUT2D eigenvalue weighted by Crippen LogP contribution is 2.56. The Kier molecular flexibility index (Phi) is 9.35. The smallest absolute Gasteiger partial charge is 0.341 e. The lowest BCUT2D eigenvalue weighted by molar-refractivity contribution is -0.151. The Balaban J connectivity index is 0.000000178. The fourth-order valence-corrected chi connectivity index (χ4v) is 8.82. The van der Waals surface area contributed by atoms with Crippen LogP contribution in [0.5, 0.6) is 5.75 Å². The molecule has 2 fully saturated rings. The van der Waals surface area contributed by atoms with E-state index in [0.717, 1.165) is 25.9 Å². The Morgan fingerprint density at radius 2 is 1.70 bits per heavy atom. The zero-order chi connectivity index (χ0) is 40.8. The molecule has 1 saturated heterocycles. The molecule has 0 spiro atoms. The first kappa shape index (κ1) is 38.6. The van der Waals surface area contributed by atoms with Crippen molar-refractivity contribution in [2.45, 2.75) is 49.5 Å². The van der Waals surface area contributed by atoms with Crippen LogP contribution in [0.4, 0.5) is 10.1 Å². The number of nitrogens with zero attached hydrogens (tertiary/aromatic N) is 3. The quantitative estimate of drug-likeness (QED) is 0.171. The molecule has 56 heavy (non-hydrogen) atoms. The normalized spacial score (nSPS) is 27.4. The number of nitrogens with two attached hydrogens (primary N) is 1. The predicted molar refractivity (Wildman–Crippen MR) is 198 cm³/mol. The average molecular weight is 776 g/mol. The van der Waals surface area contributed by atoms with Crippen molar-refractivity contribution >= 4 is 40.0 Å². The van der Waals surface area contributed by atoms with Crippen molar-refractivity contribution in [1.29, 1.82) is 0 Å². The number of hydrogen-bond donors (Lipinski definition) is 8. The fraction of sp³-hybridized carbons (Fsp3) is 0.410. The van der Waals surface area contributed by atoms with Gasteiger partial charge in [-0.15, -0.1) is 0 Å². The van der Waals surface area contributed by atoms with Gasteiger partial charge in [0.1, 0.15) is 34.2 Å². The minimum absolute atomic E-state index is 0.135. The fourth-order valence-electron chi connectivity index (χ4n) is 8.82. The summed E-state index contributed by atoms with van der Waals surface area (Å²) in [7, 11) is 3.06. The highest BCUT2D eigenvalue weighted by molar-refractivity contribution is 6.24. The van der Waals surface area contributed by atoms with Crippen molar-refractivity contribution in [1.82, 2.24) is 14.8 Å². The Hall–Kier alpha value is -5.62. The first-order valence-electron chi connectivity index (χ1n) is 18.1. The number of aromatic hydroxyl groups is 1. The Labute approximate surface area is 318 Å². The number of primary amides is 1. The molecular weight excluding hydrogens is 733 g/mol. The zero-order valence-corrected chi connectivity index (χ0v) is 30.7. The van der Waals surface area contributed by atoms with Crippen LogP contribution in [0.25, 0.3) is 10.9 Å². The lowest BCUT2D eigenvalue weighted by Gasteiger charge is -2.52. The van der Waals surface area contributed by atoms with Crippen LogP contribution in [0.3, 0.4) is 0 Å². The number of benzene rings is 2. The maximum atomic E-state index is 14.6. The molecule has 1 aliphatic heterocycles. The van der Waals surface area contributed by atoms with Gasteiger partial charge in [-0.2, -0.15) is 0 Å². The van der Waals surface area contributed by atoms with Gasteiger partial charge in [-0.25, -0.2) is 9.18 Å². The summed E-state index contributed by atoms with van der Waals surface area (Å²) in [5.41, 5.74) is -0.494. The molecule has 4 aliphatic carbocycles. The number of carbonyl (C=O) groups is 4. The summed E-state index contributed by atoms with van der Waals surface area (Å²) in [4.78, 5) is 65.6. The minimum Gasteiger partial charge on any atom is -0.510 e. The third kappa shape index (κ3) is 5.75. The largest absolute Gasteiger partial charge is 0.510 e. The van der Waals surface area contributed by atoms with Crippen molar-refractivity contribution in [2.24, 2.45) is 17.6 Å². The summed E-state index contributed by atoms with van der Waals surface area (Å²) >= 11 is 0. The van der Waals surface area contributed by atoms with Gasteiger partial charge in [0.2, 0.25) is 11.2 Å². The van der Waals surface area contributed by atoms with Gasteiger partial charge in [0, 0.05) is 61.2 Å². The molecule has 2 aromatic carbocycles. The van der Waals surface area contributed by atoms with Crippen LogP contribution in [-0.2, 0) is 15.2 Å². The van der Waals surface area contributed by atoms with Crippen LogP contribution in [0.1, 0.15) is 58.5 Å². The predicted octanol–water partition coefficient (Wildman–Crippen LogP) is 1.37. The van der Waals surface area contributed by atoms with Gasteiger partial charge < -0.3 is 51.2 Å². The van der Waals surface area contributed by atoms with Crippen LogP contribution < -0.4 is 21.4 Å². The van der Waals surface area contributed by atoms with Crippen molar-refractivity contribution in [3.63, 3.8) is 0 Å². The Bertz CT molecular complexity index is 2360. The molecule has 1 aromatic heterocycles. The number of ketones is 2. The number of Topliss-reactive ketones (excluding diaryl/α,β-unsaturated/α-hetero) is 2. The molecule has 0 radical (unpaired) electrons. The number of rotatable bonds is 5. The summed E-state index contributed by atoms with van der Waals surface area (Å²) in [6, 6.07) is 6.13. The topological polar surface area (TPSA) is 256 Å². The number of aliphatic hydroxyl groups excluding tert-OH is 2. The van der Waals surface area contributed by atoms with Gasteiger partial charge in [0.25, 0.3) is 5.91 Å². The van der Waals surface area contributed by atoms with Crippen LogP contribution >= 0.6 is 0 Å². The molecule has 1 amide bonds. The van der Waals surface area contributed by atoms with Crippen molar-refractivity contribution < 1.29 is 54.2 Å². The molecule has 17 heteroatoms. The van der Waals surface area contributed by atoms with E-state index in [2.05, 4.69) is 5.32 Å². The number of aliphatic hydroxyl groups is 4. The minimum atomic E-state index is -2.75. The van der Waals surface area contributed by atoms with E-state index in [4.69, 9.17) is 5.73 Å². The van der Waals surface area contributed by atoms with E-state index in [-0.39, 0.29) is 34.5 Å². The summed E-state index contributed by atoms with van der Waals surface area (Å²) in [5, 5.41) is 67.7. The van der Waals surface area contributed by atoms with E-state index in [1.807, 2.05) is 9.47 Å². The third-order valence-corrected chi connectivity index (χ3v) is 11.8. The Morgan fingerprint density at radius 3 is 2.29 bits per heavy atom. The molecule has 296 valence electrons. The second kappa shape index (κ2) is 13.5. The first-order chi connectivity index (χ1) is 26.3. The van der Waals surface area contributed by atoms with Crippen LogP contribution in [-0.4, -0.2) is 115 Å². The molecule has 1 saturated carbocycles. The number of carboxylic acid groups (broad SMARTS) is 1. The monoisotopic (exact) mass is 775 g/mol. The highest BCUT2D eigenvalue weighted by atomic mass is 19.1. The maximum absolute atomic E-state index is 14.6. The number of halogens is 1. The maximum Gasteiger partial charge on any atom is 0.341 e. The summed E-state index contributed by atoms with van der Waals surface area (Å²) in [6.07, 6.45) is 3.09. The molecule has 2 heterocycles. The molecule has 0 bridgehead atoms. The number of anilines is 1. The van der Waals surface area contributed by atoms with Crippen LogP contribution in [0, 0.1) is 17.7 Å². The van der Waals surface area contributed by atoms with Gasteiger partial charge in [0.05, 0.1) is 28.4 Å². The number of carbonyl (C=O) groups excluding carboxylic acids is 3. The van der Waals surface area contributed by atoms with Gasteiger partial charge in [-0.1, -0.05) is 12.1 Å². The lowest BCUT2D eigenvalue weighted by atomic mass is 9.55. The number of likely N-dealkylation sites (N-methyl/N-ethyl adjacent to an activating group) is 1.